The number of para-hydroxylation sites is 2. The molecule has 0 fully saturated rings. The fourth-order valence-electron chi connectivity index (χ4n) is 1.86. The SMILES string of the molecule is O=C(/C=C/c1nc2ccccc2o1)Nc1cccc(Cl)c1. The van der Waals surface area contributed by atoms with Crippen LogP contribution in [0.2, 0.25) is 5.02 Å². The standard InChI is InChI=1S/C16H11ClN2O2/c17-11-4-3-5-12(10-11)18-15(20)8-9-16-19-13-6-1-2-7-14(13)21-16/h1-10H,(H,18,20)/b9-8+. The van der Waals surface area contributed by atoms with Crippen LogP contribution in [0, 0.1) is 0 Å². The average Bonchev–Trinajstić information content (AvgIpc) is 2.88. The predicted octanol–water partition coefficient (Wildman–Crippen LogP) is 4.13. The van der Waals surface area contributed by atoms with E-state index in [0.29, 0.717) is 22.2 Å². The molecule has 0 spiro atoms. The summed E-state index contributed by atoms with van der Waals surface area (Å²) in [7, 11) is 0. The van der Waals surface area contributed by atoms with Crippen molar-refractivity contribution in [2.24, 2.45) is 0 Å². The van der Waals surface area contributed by atoms with Crippen LogP contribution in [0.1, 0.15) is 5.89 Å². The van der Waals surface area contributed by atoms with Gasteiger partial charge in [0.15, 0.2) is 5.58 Å². The maximum Gasteiger partial charge on any atom is 0.248 e. The molecule has 0 bridgehead atoms. The minimum Gasteiger partial charge on any atom is -0.437 e. The van der Waals surface area contributed by atoms with Crippen LogP contribution in [-0.2, 0) is 4.79 Å². The lowest BCUT2D eigenvalue weighted by Gasteiger charge is -2.01. The zero-order chi connectivity index (χ0) is 14.7. The summed E-state index contributed by atoms with van der Waals surface area (Å²) in [5.74, 6) is 0.108. The van der Waals surface area contributed by atoms with Gasteiger partial charge in [-0.3, -0.25) is 4.79 Å². The first-order valence-corrected chi connectivity index (χ1v) is 6.69. The predicted molar refractivity (Wildman–Crippen MR) is 83.1 cm³/mol. The summed E-state index contributed by atoms with van der Waals surface area (Å²) in [6, 6.07) is 14.4. The number of carbonyl (C=O) groups is 1. The van der Waals surface area contributed by atoms with Crippen LogP contribution in [0.25, 0.3) is 17.2 Å². The van der Waals surface area contributed by atoms with E-state index >= 15 is 0 Å². The van der Waals surface area contributed by atoms with Gasteiger partial charge in [0, 0.05) is 22.9 Å². The van der Waals surface area contributed by atoms with Gasteiger partial charge in [-0.05, 0) is 30.3 Å². The number of amides is 1. The fourth-order valence-corrected chi connectivity index (χ4v) is 2.05. The largest absolute Gasteiger partial charge is 0.437 e. The lowest BCUT2D eigenvalue weighted by molar-refractivity contribution is -0.111. The van der Waals surface area contributed by atoms with E-state index in [1.54, 1.807) is 24.3 Å². The van der Waals surface area contributed by atoms with E-state index < -0.39 is 0 Å². The van der Waals surface area contributed by atoms with Crippen molar-refractivity contribution in [3.63, 3.8) is 0 Å². The van der Waals surface area contributed by atoms with E-state index in [1.165, 1.54) is 12.2 Å². The number of benzene rings is 2. The van der Waals surface area contributed by atoms with Gasteiger partial charge in [0.2, 0.25) is 11.8 Å². The number of halogens is 1. The summed E-state index contributed by atoms with van der Waals surface area (Å²) in [4.78, 5) is 16.1. The molecular weight excluding hydrogens is 288 g/mol. The van der Waals surface area contributed by atoms with Crippen molar-refractivity contribution in [3.8, 4) is 0 Å². The molecule has 0 aliphatic rings. The number of anilines is 1. The number of oxazole rings is 1. The number of nitrogens with zero attached hydrogens (tertiary/aromatic N) is 1. The third kappa shape index (κ3) is 3.30. The first kappa shape index (κ1) is 13.4. The summed E-state index contributed by atoms with van der Waals surface area (Å²) in [5, 5.41) is 3.27. The monoisotopic (exact) mass is 298 g/mol. The van der Waals surface area contributed by atoms with Gasteiger partial charge in [-0.15, -0.1) is 0 Å². The highest BCUT2D eigenvalue weighted by Crippen LogP contribution is 2.16. The van der Waals surface area contributed by atoms with Gasteiger partial charge in [0.25, 0.3) is 0 Å². The molecule has 0 saturated carbocycles. The Hall–Kier alpha value is -2.59. The first-order valence-electron chi connectivity index (χ1n) is 6.31. The summed E-state index contributed by atoms with van der Waals surface area (Å²) in [6.45, 7) is 0. The van der Waals surface area contributed by atoms with Crippen LogP contribution in [0.15, 0.2) is 59.0 Å². The Labute approximate surface area is 126 Å². The summed E-state index contributed by atoms with van der Waals surface area (Å²) >= 11 is 5.85. The van der Waals surface area contributed by atoms with Crippen LogP contribution in [0.3, 0.4) is 0 Å². The van der Waals surface area contributed by atoms with Crippen LogP contribution < -0.4 is 5.32 Å². The molecule has 5 heteroatoms. The van der Waals surface area contributed by atoms with Crippen molar-refractivity contribution in [1.29, 1.82) is 0 Å². The van der Waals surface area contributed by atoms with Gasteiger partial charge in [-0.1, -0.05) is 29.8 Å². The van der Waals surface area contributed by atoms with E-state index in [2.05, 4.69) is 10.3 Å². The molecule has 0 unspecified atom stereocenters. The Bertz CT molecular complexity index is 791. The maximum atomic E-state index is 11.8. The summed E-state index contributed by atoms with van der Waals surface area (Å²) in [6.07, 6.45) is 2.89. The first-order chi connectivity index (χ1) is 10.2. The Morgan fingerprint density at radius 3 is 2.86 bits per heavy atom. The number of carbonyl (C=O) groups excluding carboxylic acids is 1. The van der Waals surface area contributed by atoms with E-state index in [9.17, 15) is 4.79 Å². The molecule has 3 aromatic rings. The molecule has 3 rings (SSSR count). The van der Waals surface area contributed by atoms with Gasteiger partial charge < -0.3 is 9.73 Å². The number of fused-ring (bicyclic) bond motifs is 1. The molecule has 104 valence electrons. The lowest BCUT2D eigenvalue weighted by atomic mass is 10.3. The minimum absolute atomic E-state index is 0.278. The van der Waals surface area contributed by atoms with Gasteiger partial charge in [0.05, 0.1) is 0 Å². The molecule has 1 aromatic heterocycles. The topological polar surface area (TPSA) is 55.1 Å². The smallest absolute Gasteiger partial charge is 0.248 e. The van der Waals surface area contributed by atoms with Gasteiger partial charge in [-0.25, -0.2) is 4.98 Å². The molecular formula is C16H11ClN2O2. The molecule has 21 heavy (non-hydrogen) atoms. The molecule has 1 amide bonds. The molecule has 0 aliphatic heterocycles. The second kappa shape index (κ2) is 5.81. The Kier molecular flexibility index (Phi) is 3.71. The van der Waals surface area contributed by atoms with E-state index in [-0.39, 0.29) is 5.91 Å². The number of hydrogen-bond acceptors (Lipinski definition) is 3. The van der Waals surface area contributed by atoms with Crippen molar-refractivity contribution in [2.45, 2.75) is 0 Å². The Morgan fingerprint density at radius 1 is 1.19 bits per heavy atom. The normalized spacial score (nSPS) is 11.1. The average molecular weight is 299 g/mol. The fraction of sp³-hybridized carbons (Fsp3) is 0. The van der Waals surface area contributed by atoms with Crippen LogP contribution in [-0.4, -0.2) is 10.9 Å². The van der Waals surface area contributed by atoms with Crippen molar-refractivity contribution >= 4 is 40.4 Å². The van der Waals surface area contributed by atoms with Crippen molar-refractivity contribution in [2.75, 3.05) is 5.32 Å². The molecule has 0 aliphatic carbocycles. The maximum absolute atomic E-state index is 11.8. The van der Waals surface area contributed by atoms with E-state index in [1.807, 2.05) is 24.3 Å². The molecule has 4 nitrogen and oxygen atoms in total. The van der Waals surface area contributed by atoms with Crippen LogP contribution in [0.5, 0.6) is 0 Å². The highest BCUT2D eigenvalue weighted by molar-refractivity contribution is 6.30. The second-order valence-electron chi connectivity index (χ2n) is 4.35. The minimum atomic E-state index is -0.278. The van der Waals surface area contributed by atoms with Crippen molar-refractivity contribution in [1.82, 2.24) is 4.98 Å². The molecule has 0 radical (unpaired) electrons. The van der Waals surface area contributed by atoms with Gasteiger partial charge >= 0.3 is 0 Å². The van der Waals surface area contributed by atoms with Gasteiger partial charge in [-0.2, -0.15) is 0 Å². The highest BCUT2D eigenvalue weighted by atomic mass is 35.5. The highest BCUT2D eigenvalue weighted by Gasteiger charge is 2.03. The number of hydrogen-bond donors (Lipinski definition) is 1. The van der Waals surface area contributed by atoms with Gasteiger partial charge in [0.1, 0.15) is 5.52 Å². The zero-order valence-corrected chi connectivity index (χ0v) is 11.7. The molecule has 2 aromatic carbocycles. The molecule has 1 N–H and O–H groups in total. The zero-order valence-electron chi connectivity index (χ0n) is 10.9. The number of aromatic nitrogens is 1. The number of nitrogens with one attached hydrogen (secondary N) is 1. The summed E-state index contributed by atoms with van der Waals surface area (Å²) in [5.41, 5.74) is 2.08. The van der Waals surface area contributed by atoms with Crippen molar-refractivity contribution in [3.05, 3.63) is 65.5 Å². The van der Waals surface area contributed by atoms with Crippen LogP contribution >= 0.6 is 11.6 Å². The third-order valence-electron chi connectivity index (χ3n) is 2.78. The quantitative estimate of drug-likeness (QED) is 0.740. The third-order valence-corrected chi connectivity index (χ3v) is 3.01. The molecule has 1 heterocycles. The molecule has 0 saturated heterocycles. The lowest BCUT2D eigenvalue weighted by Crippen LogP contribution is -2.07. The summed E-state index contributed by atoms with van der Waals surface area (Å²) < 4.78 is 5.49. The van der Waals surface area contributed by atoms with E-state index in [0.717, 1.165) is 5.52 Å². The Morgan fingerprint density at radius 2 is 2.05 bits per heavy atom. The number of rotatable bonds is 3. The molecule has 0 atom stereocenters. The second-order valence-corrected chi connectivity index (χ2v) is 4.79. The van der Waals surface area contributed by atoms with Crippen LogP contribution in [0.4, 0.5) is 5.69 Å². The van der Waals surface area contributed by atoms with Crippen molar-refractivity contribution < 1.29 is 9.21 Å². The van der Waals surface area contributed by atoms with E-state index in [4.69, 9.17) is 16.0 Å². The Balaban J connectivity index is 1.71.